The summed E-state index contributed by atoms with van der Waals surface area (Å²) < 4.78 is 37.9. The number of hydrogen-bond acceptors (Lipinski definition) is 2. The van der Waals surface area contributed by atoms with Gasteiger partial charge in [0.25, 0.3) is 5.91 Å². The van der Waals surface area contributed by atoms with Crippen LogP contribution in [0.3, 0.4) is 0 Å². The zero-order valence-corrected chi connectivity index (χ0v) is 12.2. The maximum absolute atomic E-state index is 12.6. The van der Waals surface area contributed by atoms with Crippen LogP contribution in [0, 0.1) is 23.7 Å². The molecular weight excluding hydrogens is 283 g/mol. The Morgan fingerprint density at radius 2 is 1.90 bits per heavy atom. The molecule has 2 aliphatic carbocycles. The van der Waals surface area contributed by atoms with Crippen molar-refractivity contribution in [1.82, 2.24) is 4.90 Å². The molecule has 1 N–H and O–H groups in total. The normalized spacial score (nSPS) is 35.7. The number of fused-ring (bicyclic) bond motifs is 2. The Balaban J connectivity index is 1.48. The first kappa shape index (κ1) is 15.1. The first-order chi connectivity index (χ1) is 9.68. The zero-order chi connectivity index (χ0) is 15.4. The number of aliphatic hydroxyl groups is 1. The minimum atomic E-state index is -4.92. The van der Waals surface area contributed by atoms with Crippen molar-refractivity contribution in [2.75, 3.05) is 13.1 Å². The Labute approximate surface area is 122 Å². The molecule has 3 aliphatic rings. The molecule has 6 heteroatoms. The Hall–Kier alpha value is -0.780. The molecule has 2 bridgehead atoms. The highest BCUT2D eigenvalue weighted by molar-refractivity contribution is 5.86. The molecule has 4 atom stereocenters. The van der Waals surface area contributed by atoms with Crippen LogP contribution in [0.25, 0.3) is 0 Å². The lowest BCUT2D eigenvalue weighted by atomic mass is 9.79. The number of nitrogens with zero attached hydrogens (tertiary/aromatic N) is 1. The predicted octanol–water partition coefficient (Wildman–Crippen LogP) is 2.58. The molecule has 3 fully saturated rings. The fourth-order valence-electron chi connectivity index (χ4n) is 4.41. The first-order valence-corrected chi connectivity index (χ1v) is 7.77. The van der Waals surface area contributed by atoms with Crippen molar-refractivity contribution in [3.8, 4) is 0 Å². The van der Waals surface area contributed by atoms with Gasteiger partial charge >= 0.3 is 6.18 Å². The number of alkyl halides is 3. The van der Waals surface area contributed by atoms with E-state index in [2.05, 4.69) is 0 Å². The third-order valence-electron chi connectivity index (χ3n) is 5.73. The Morgan fingerprint density at radius 3 is 2.38 bits per heavy atom. The van der Waals surface area contributed by atoms with Gasteiger partial charge in [-0.05, 0) is 56.3 Å². The third kappa shape index (κ3) is 2.56. The second kappa shape index (κ2) is 4.86. The topological polar surface area (TPSA) is 40.5 Å². The molecule has 0 aromatic carbocycles. The molecule has 120 valence electrons. The lowest BCUT2D eigenvalue weighted by Crippen LogP contribution is -2.62. The summed E-state index contributed by atoms with van der Waals surface area (Å²) in [4.78, 5) is 12.9. The van der Waals surface area contributed by atoms with Crippen molar-refractivity contribution >= 4 is 5.91 Å². The molecule has 0 aromatic rings. The van der Waals surface area contributed by atoms with E-state index >= 15 is 0 Å². The summed E-state index contributed by atoms with van der Waals surface area (Å²) in [6, 6.07) is 0. The summed E-state index contributed by atoms with van der Waals surface area (Å²) in [6.45, 7) is 1.26. The smallest absolute Gasteiger partial charge is 0.373 e. The number of carbonyl (C=O) groups excluding carboxylic acids is 1. The Morgan fingerprint density at radius 1 is 1.24 bits per heavy atom. The molecule has 0 radical (unpaired) electrons. The summed E-state index contributed by atoms with van der Waals surface area (Å²) in [5, 5.41) is 9.40. The highest BCUT2D eigenvalue weighted by atomic mass is 19.4. The molecule has 1 amide bonds. The predicted molar refractivity (Wildman–Crippen MR) is 70.3 cm³/mol. The van der Waals surface area contributed by atoms with E-state index in [0.29, 0.717) is 31.8 Å². The number of likely N-dealkylation sites (tertiary alicyclic amines) is 1. The van der Waals surface area contributed by atoms with E-state index in [-0.39, 0.29) is 0 Å². The van der Waals surface area contributed by atoms with Gasteiger partial charge in [-0.1, -0.05) is 6.42 Å². The molecule has 0 aromatic heterocycles. The Kier molecular flexibility index (Phi) is 3.50. The van der Waals surface area contributed by atoms with Gasteiger partial charge in [-0.25, -0.2) is 0 Å². The molecule has 1 aliphatic heterocycles. The highest BCUT2D eigenvalue weighted by Gasteiger charge is 2.58. The minimum absolute atomic E-state index is 0.308. The van der Waals surface area contributed by atoms with E-state index in [1.807, 2.05) is 0 Å². The van der Waals surface area contributed by atoms with Crippen LogP contribution in [0.1, 0.15) is 39.0 Å². The van der Waals surface area contributed by atoms with Gasteiger partial charge in [-0.15, -0.1) is 0 Å². The van der Waals surface area contributed by atoms with Crippen molar-refractivity contribution in [3.63, 3.8) is 0 Å². The summed E-state index contributed by atoms with van der Waals surface area (Å²) in [5.74, 6) is 1.47. The summed E-state index contributed by atoms with van der Waals surface area (Å²) >= 11 is 0. The molecule has 3 nitrogen and oxygen atoms in total. The molecule has 1 heterocycles. The second-order valence-corrected chi connectivity index (χ2v) is 7.32. The maximum atomic E-state index is 12.6. The van der Waals surface area contributed by atoms with E-state index in [4.69, 9.17) is 0 Å². The van der Waals surface area contributed by atoms with Crippen LogP contribution in [0.4, 0.5) is 13.2 Å². The molecule has 1 saturated heterocycles. The van der Waals surface area contributed by atoms with Gasteiger partial charge in [0.1, 0.15) is 0 Å². The lowest BCUT2D eigenvalue weighted by molar-refractivity contribution is -0.252. The highest BCUT2D eigenvalue weighted by Crippen LogP contribution is 2.51. The van der Waals surface area contributed by atoms with Crippen LogP contribution in [0.2, 0.25) is 0 Å². The fourth-order valence-corrected chi connectivity index (χ4v) is 4.41. The van der Waals surface area contributed by atoms with Gasteiger partial charge in [0.2, 0.25) is 5.60 Å². The van der Waals surface area contributed by atoms with Gasteiger partial charge in [0.05, 0.1) is 0 Å². The molecular formula is C15H22F3NO2. The Bertz CT molecular complexity index is 429. The summed E-state index contributed by atoms with van der Waals surface area (Å²) in [5.41, 5.74) is -3.26. The van der Waals surface area contributed by atoms with Gasteiger partial charge in [-0.3, -0.25) is 4.79 Å². The van der Waals surface area contributed by atoms with Crippen LogP contribution in [0.15, 0.2) is 0 Å². The van der Waals surface area contributed by atoms with Crippen molar-refractivity contribution in [1.29, 1.82) is 0 Å². The van der Waals surface area contributed by atoms with E-state index in [0.717, 1.165) is 23.2 Å². The van der Waals surface area contributed by atoms with E-state index < -0.39 is 17.7 Å². The fraction of sp³-hybridized carbons (Fsp3) is 0.933. The van der Waals surface area contributed by atoms with Crippen molar-refractivity contribution in [3.05, 3.63) is 0 Å². The number of amides is 1. The van der Waals surface area contributed by atoms with Gasteiger partial charge in [0.15, 0.2) is 0 Å². The molecule has 21 heavy (non-hydrogen) atoms. The van der Waals surface area contributed by atoms with Crippen LogP contribution < -0.4 is 0 Å². The van der Waals surface area contributed by atoms with E-state index in [9.17, 15) is 23.1 Å². The van der Waals surface area contributed by atoms with Crippen LogP contribution in [0.5, 0.6) is 0 Å². The van der Waals surface area contributed by atoms with E-state index in [1.54, 1.807) is 0 Å². The molecule has 4 unspecified atom stereocenters. The van der Waals surface area contributed by atoms with Gasteiger partial charge in [-0.2, -0.15) is 13.2 Å². The standard InChI is InChI=1S/C15H22F3NO2/c1-14(21,15(16,17)18)13(20)19-7-10(8-19)6-12-5-9-2-3-11(12)4-9/h9-12,21H,2-8H2,1H3. The van der Waals surface area contributed by atoms with Gasteiger partial charge < -0.3 is 10.0 Å². The number of carbonyl (C=O) groups is 1. The van der Waals surface area contributed by atoms with Crippen LogP contribution in [-0.4, -0.2) is 40.8 Å². The largest absolute Gasteiger partial charge is 0.426 e. The quantitative estimate of drug-likeness (QED) is 0.870. The van der Waals surface area contributed by atoms with Crippen molar-refractivity contribution in [2.24, 2.45) is 23.7 Å². The molecule has 2 saturated carbocycles. The molecule has 0 spiro atoms. The van der Waals surface area contributed by atoms with Gasteiger partial charge in [0, 0.05) is 13.1 Å². The number of halogens is 3. The van der Waals surface area contributed by atoms with Crippen LogP contribution in [-0.2, 0) is 4.79 Å². The SMILES string of the molecule is CC(O)(C(=O)N1CC(CC2CC3CCC2C3)C1)C(F)(F)F. The van der Waals surface area contributed by atoms with Crippen LogP contribution >= 0.6 is 0 Å². The van der Waals surface area contributed by atoms with Crippen molar-refractivity contribution < 1.29 is 23.1 Å². The first-order valence-electron chi connectivity index (χ1n) is 7.77. The summed E-state index contributed by atoms with van der Waals surface area (Å²) in [6.07, 6.45) is 1.33. The maximum Gasteiger partial charge on any atom is 0.426 e. The average molecular weight is 305 g/mol. The zero-order valence-electron chi connectivity index (χ0n) is 12.2. The summed E-state index contributed by atoms with van der Waals surface area (Å²) in [7, 11) is 0. The monoisotopic (exact) mass is 305 g/mol. The van der Waals surface area contributed by atoms with E-state index in [1.165, 1.54) is 25.7 Å². The third-order valence-corrected chi connectivity index (χ3v) is 5.73. The second-order valence-electron chi connectivity index (χ2n) is 7.32. The average Bonchev–Trinajstić information content (AvgIpc) is 2.92. The number of rotatable bonds is 3. The lowest BCUT2D eigenvalue weighted by Gasteiger charge is -2.44. The number of hydrogen-bond donors (Lipinski definition) is 1. The van der Waals surface area contributed by atoms with Crippen molar-refractivity contribution in [2.45, 2.75) is 50.8 Å². The minimum Gasteiger partial charge on any atom is -0.373 e. The molecule has 3 rings (SSSR count).